The van der Waals surface area contributed by atoms with Crippen LogP contribution in [-0.4, -0.2) is 11.0 Å². The van der Waals surface area contributed by atoms with Gasteiger partial charge in [0.1, 0.15) is 5.97 Å². The number of carboxylic acids is 1. The van der Waals surface area contributed by atoms with Gasteiger partial charge in [-0.3, -0.25) is 4.98 Å². The molecule has 2 rings (SSSR count). The highest BCUT2D eigenvalue weighted by Crippen LogP contribution is 2.20. The van der Waals surface area contributed by atoms with Crippen LogP contribution in [-0.2, 0) is 4.79 Å². The fourth-order valence-electron chi connectivity index (χ4n) is 1.56. The number of carboxylic acid groups (broad SMARTS) is 1. The molecule has 0 aliphatic rings. The maximum absolute atomic E-state index is 10.7. The molecule has 0 bridgehead atoms. The Balaban J connectivity index is 2.65. The molecule has 1 heterocycles. The van der Waals surface area contributed by atoms with Gasteiger partial charge in [-0.05, 0) is 12.1 Å². The third-order valence-electron chi connectivity index (χ3n) is 2.34. The van der Waals surface area contributed by atoms with E-state index >= 15 is 0 Å². The van der Waals surface area contributed by atoms with Crippen molar-refractivity contribution in [3.63, 3.8) is 0 Å². The van der Waals surface area contributed by atoms with Crippen molar-refractivity contribution in [2.75, 3.05) is 0 Å². The van der Waals surface area contributed by atoms with Gasteiger partial charge in [-0.2, -0.15) is 0 Å². The summed E-state index contributed by atoms with van der Waals surface area (Å²) in [6, 6.07) is 8.08. The van der Waals surface area contributed by atoms with Crippen LogP contribution in [0.5, 0.6) is 0 Å². The summed E-state index contributed by atoms with van der Waals surface area (Å²) in [5, 5.41) is 11.6. The van der Waals surface area contributed by atoms with E-state index in [1.807, 2.05) is 12.1 Å². The van der Waals surface area contributed by atoms with Crippen LogP contribution in [0.1, 0.15) is 11.6 Å². The zero-order chi connectivity index (χ0) is 10.8. The van der Waals surface area contributed by atoms with Crippen LogP contribution in [0.15, 0.2) is 36.5 Å². The van der Waals surface area contributed by atoms with Crippen molar-refractivity contribution in [3.8, 4) is 0 Å². The smallest absolute Gasteiger partial charge is 0.151 e. The van der Waals surface area contributed by atoms with Gasteiger partial charge in [-0.25, -0.2) is 0 Å². The molecule has 1 atom stereocenters. The number of carbonyl (C=O) groups is 1. The second-order valence-electron chi connectivity index (χ2n) is 3.29. The van der Waals surface area contributed by atoms with Crippen LogP contribution in [0.4, 0.5) is 0 Å². The van der Waals surface area contributed by atoms with Gasteiger partial charge in [-0.1, -0.05) is 18.2 Å². The molecule has 0 radical (unpaired) electrons. The van der Waals surface area contributed by atoms with Gasteiger partial charge >= 0.3 is 0 Å². The molecule has 2 aromatic rings. The fourth-order valence-corrected chi connectivity index (χ4v) is 1.56. The number of hydrogen-bond acceptors (Lipinski definition) is 3. The Morgan fingerprint density at radius 2 is 2.13 bits per heavy atom. The van der Waals surface area contributed by atoms with Crippen molar-refractivity contribution in [1.82, 2.24) is 4.98 Å². The van der Waals surface area contributed by atoms with Gasteiger partial charge in [0.05, 0.1) is 5.52 Å². The second-order valence-corrected chi connectivity index (χ2v) is 3.29. The molecule has 0 spiro atoms. The highest BCUT2D eigenvalue weighted by atomic mass is 16.4. The number of rotatable bonds is 2. The van der Waals surface area contributed by atoms with Gasteiger partial charge in [0, 0.05) is 17.1 Å². The zero-order valence-corrected chi connectivity index (χ0v) is 8.01. The Morgan fingerprint density at radius 1 is 1.33 bits per heavy atom. The minimum Gasteiger partial charge on any atom is -0.544 e. The number of benzene rings is 1. The van der Waals surface area contributed by atoms with Crippen LogP contribution in [0, 0.1) is 0 Å². The number of nitrogens with zero attached hydrogens (tertiary/aromatic N) is 1. The molecule has 1 aromatic heterocycles. The number of hydrogen-bond donors (Lipinski definition) is 1. The number of quaternary nitrogens is 1. The third-order valence-corrected chi connectivity index (χ3v) is 2.34. The first-order valence-corrected chi connectivity index (χ1v) is 4.58. The first kappa shape index (κ1) is 9.61. The molecule has 4 nitrogen and oxygen atoms in total. The number of aliphatic carboxylic acids is 1. The standard InChI is InChI=1S/C11H10N2O2/c12-10(11(14)15)8-3-1-5-9-7(8)4-2-6-13-9/h1-6,10H,12H2,(H,14,15)/t10-/m1/s1. The molecule has 0 aliphatic heterocycles. The van der Waals surface area contributed by atoms with Crippen molar-refractivity contribution >= 4 is 16.9 Å². The molecule has 76 valence electrons. The molecule has 0 saturated carbocycles. The number of carbonyl (C=O) groups excluding carboxylic acids is 1. The summed E-state index contributed by atoms with van der Waals surface area (Å²) in [6.07, 6.45) is 1.67. The van der Waals surface area contributed by atoms with Crippen molar-refractivity contribution in [3.05, 3.63) is 42.1 Å². The van der Waals surface area contributed by atoms with Crippen LogP contribution in [0.3, 0.4) is 0 Å². The van der Waals surface area contributed by atoms with Gasteiger partial charge in [0.15, 0.2) is 6.04 Å². The van der Waals surface area contributed by atoms with E-state index in [0.717, 1.165) is 10.9 Å². The molecule has 0 amide bonds. The first-order valence-electron chi connectivity index (χ1n) is 4.58. The minimum absolute atomic E-state index is 0.639. The second kappa shape index (κ2) is 3.67. The van der Waals surface area contributed by atoms with E-state index in [1.165, 1.54) is 0 Å². The van der Waals surface area contributed by atoms with Crippen LogP contribution in [0.25, 0.3) is 10.9 Å². The summed E-state index contributed by atoms with van der Waals surface area (Å²) < 4.78 is 0. The number of aromatic nitrogens is 1. The van der Waals surface area contributed by atoms with E-state index in [4.69, 9.17) is 0 Å². The van der Waals surface area contributed by atoms with Crippen LogP contribution in [0.2, 0.25) is 0 Å². The van der Waals surface area contributed by atoms with Crippen molar-refractivity contribution in [2.45, 2.75) is 6.04 Å². The SMILES string of the molecule is [NH3+][C@@H](C(=O)[O-])c1cccc2ncccc12. The summed E-state index contributed by atoms with van der Waals surface area (Å²) in [5.41, 5.74) is 4.98. The molecule has 4 heteroatoms. The van der Waals surface area contributed by atoms with Crippen molar-refractivity contribution in [2.24, 2.45) is 0 Å². The largest absolute Gasteiger partial charge is 0.544 e. The first-order chi connectivity index (χ1) is 7.20. The molecular weight excluding hydrogens is 192 g/mol. The van der Waals surface area contributed by atoms with Crippen LogP contribution >= 0.6 is 0 Å². The summed E-state index contributed by atoms with van der Waals surface area (Å²) in [6.45, 7) is 0. The Morgan fingerprint density at radius 3 is 2.87 bits per heavy atom. The van der Waals surface area contributed by atoms with E-state index in [0.29, 0.717) is 5.56 Å². The lowest BCUT2D eigenvalue weighted by Crippen LogP contribution is -2.61. The third kappa shape index (κ3) is 1.67. The molecule has 0 aliphatic carbocycles. The molecule has 0 unspecified atom stereocenters. The highest BCUT2D eigenvalue weighted by molar-refractivity contribution is 5.86. The molecule has 15 heavy (non-hydrogen) atoms. The summed E-state index contributed by atoms with van der Waals surface area (Å²) in [7, 11) is 0. The lowest BCUT2D eigenvalue weighted by molar-refractivity contribution is -0.442. The van der Waals surface area contributed by atoms with Crippen LogP contribution < -0.4 is 10.8 Å². The molecule has 0 saturated heterocycles. The summed E-state index contributed by atoms with van der Waals surface area (Å²) in [4.78, 5) is 14.9. The fraction of sp³-hybridized carbons (Fsp3) is 0.0909. The maximum atomic E-state index is 10.7. The van der Waals surface area contributed by atoms with Gasteiger partial charge < -0.3 is 15.6 Å². The summed E-state index contributed by atoms with van der Waals surface area (Å²) >= 11 is 0. The van der Waals surface area contributed by atoms with Gasteiger partial charge in [0.25, 0.3) is 0 Å². The molecule has 0 fully saturated rings. The summed E-state index contributed by atoms with van der Waals surface area (Å²) in [5.74, 6) is -1.17. The number of pyridine rings is 1. The van der Waals surface area contributed by atoms with E-state index in [2.05, 4.69) is 10.7 Å². The van der Waals surface area contributed by atoms with Crippen molar-refractivity contribution in [1.29, 1.82) is 0 Å². The van der Waals surface area contributed by atoms with E-state index in [1.54, 1.807) is 24.4 Å². The van der Waals surface area contributed by atoms with Gasteiger partial charge in [-0.15, -0.1) is 0 Å². The normalized spacial score (nSPS) is 12.6. The predicted molar refractivity (Wildman–Crippen MR) is 52.4 cm³/mol. The average molecular weight is 202 g/mol. The number of fused-ring (bicyclic) bond motifs is 1. The van der Waals surface area contributed by atoms with E-state index in [-0.39, 0.29) is 0 Å². The minimum atomic E-state index is -1.17. The lowest BCUT2D eigenvalue weighted by Gasteiger charge is -2.11. The lowest BCUT2D eigenvalue weighted by atomic mass is 10.0. The van der Waals surface area contributed by atoms with Crippen molar-refractivity contribution < 1.29 is 15.6 Å². The Kier molecular flexibility index (Phi) is 2.35. The average Bonchev–Trinajstić information content (AvgIpc) is 2.27. The Hall–Kier alpha value is -1.94. The topological polar surface area (TPSA) is 80.7 Å². The van der Waals surface area contributed by atoms with E-state index < -0.39 is 12.0 Å². The van der Waals surface area contributed by atoms with E-state index in [9.17, 15) is 9.90 Å². The molecule has 1 aromatic carbocycles. The zero-order valence-electron chi connectivity index (χ0n) is 8.01. The highest BCUT2D eigenvalue weighted by Gasteiger charge is 2.13. The maximum Gasteiger partial charge on any atom is 0.151 e. The quantitative estimate of drug-likeness (QED) is 0.697. The Bertz CT molecular complexity index is 505. The monoisotopic (exact) mass is 202 g/mol. The Labute approximate surface area is 86.4 Å². The van der Waals surface area contributed by atoms with Gasteiger partial charge in [0.2, 0.25) is 0 Å². The molecule has 3 N–H and O–H groups in total. The molecular formula is C11H10N2O2. The predicted octanol–water partition coefficient (Wildman–Crippen LogP) is -0.732.